The summed E-state index contributed by atoms with van der Waals surface area (Å²) < 4.78 is 6.53. The van der Waals surface area contributed by atoms with Crippen LogP contribution in [0.1, 0.15) is 46.7 Å². The zero-order valence-corrected chi connectivity index (χ0v) is 19.6. The van der Waals surface area contributed by atoms with Gasteiger partial charge in [-0.3, -0.25) is 9.59 Å². The molecule has 0 bridgehead atoms. The molecule has 4 rings (SSSR count). The van der Waals surface area contributed by atoms with E-state index in [9.17, 15) is 9.59 Å². The molecular weight excluding hydrogens is 480 g/mol. The fourth-order valence-electron chi connectivity index (χ4n) is 4.20. The minimum Gasteiger partial charge on any atom is -0.474 e. The predicted molar refractivity (Wildman–Crippen MR) is 125 cm³/mol. The van der Waals surface area contributed by atoms with Crippen molar-refractivity contribution in [2.45, 2.75) is 44.7 Å². The largest absolute Gasteiger partial charge is 0.474 e. The summed E-state index contributed by atoms with van der Waals surface area (Å²) in [6.45, 7) is 5.33. The smallest absolute Gasteiger partial charge is 0.267 e. The Balaban J connectivity index is 1.42. The van der Waals surface area contributed by atoms with Crippen molar-refractivity contribution < 1.29 is 14.3 Å². The first kappa shape index (κ1) is 22.0. The van der Waals surface area contributed by atoms with Gasteiger partial charge in [0.15, 0.2) is 0 Å². The number of pyridine rings is 1. The van der Waals surface area contributed by atoms with Crippen LogP contribution >= 0.6 is 27.3 Å². The molecule has 1 atom stereocenters. The van der Waals surface area contributed by atoms with Crippen LogP contribution in [0.25, 0.3) is 0 Å². The Bertz CT molecular complexity index is 973. The van der Waals surface area contributed by atoms with Crippen molar-refractivity contribution in [1.82, 2.24) is 10.3 Å². The number of amides is 2. The number of aromatic nitrogens is 1. The second-order valence-electron chi connectivity index (χ2n) is 7.92. The van der Waals surface area contributed by atoms with E-state index in [0.29, 0.717) is 36.2 Å². The predicted octanol–water partition coefficient (Wildman–Crippen LogP) is 4.21. The van der Waals surface area contributed by atoms with Crippen molar-refractivity contribution >= 4 is 51.5 Å². The third-order valence-corrected chi connectivity index (χ3v) is 7.28. The maximum Gasteiger partial charge on any atom is 0.267 e. The van der Waals surface area contributed by atoms with Crippen LogP contribution in [0.15, 0.2) is 33.9 Å². The number of nitrogens with zero attached hydrogens (tertiary/aromatic N) is 3. The highest BCUT2D eigenvalue weighted by Crippen LogP contribution is 2.34. The number of fused-ring (bicyclic) bond motifs is 1. The quantitative estimate of drug-likeness (QED) is 0.570. The second kappa shape index (κ2) is 9.91. The lowest BCUT2D eigenvalue weighted by Crippen LogP contribution is -2.41. The highest BCUT2D eigenvalue weighted by atomic mass is 79.9. The Morgan fingerprint density at radius 2 is 2.19 bits per heavy atom. The molecule has 0 spiro atoms. The van der Waals surface area contributed by atoms with E-state index < -0.39 is 6.04 Å². The summed E-state index contributed by atoms with van der Waals surface area (Å²) in [5.41, 5.74) is 0.930. The molecule has 2 amide bonds. The van der Waals surface area contributed by atoms with Crippen LogP contribution in [0.3, 0.4) is 0 Å². The fourth-order valence-corrected chi connectivity index (χ4v) is 5.45. The first-order valence-electron chi connectivity index (χ1n) is 10.5. The van der Waals surface area contributed by atoms with E-state index in [1.807, 2.05) is 18.2 Å². The number of nitrogens with one attached hydrogen (secondary N) is 1. The summed E-state index contributed by atoms with van der Waals surface area (Å²) in [4.78, 5) is 36.8. The summed E-state index contributed by atoms with van der Waals surface area (Å²) >= 11 is 4.90. The average molecular weight is 505 g/mol. The first-order chi connectivity index (χ1) is 15.0. The summed E-state index contributed by atoms with van der Waals surface area (Å²) in [5.74, 6) is 0.487. The molecule has 2 aliphatic rings. The zero-order chi connectivity index (χ0) is 21.8. The number of aliphatic imine (C=N–C) groups is 1. The molecule has 0 saturated heterocycles. The molecule has 2 aromatic heterocycles. The first-order valence-corrected chi connectivity index (χ1v) is 12.1. The molecule has 3 heterocycles. The van der Waals surface area contributed by atoms with Crippen LogP contribution in [0.2, 0.25) is 0 Å². The summed E-state index contributed by atoms with van der Waals surface area (Å²) in [6.07, 6.45) is 6.93. The van der Waals surface area contributed by atoms with E-state index >= 15 is 0 Å². The molecule has 7 nitrogen and oxygen atoms in total. The van der Waals surface area contributed by atoms with Crippen LogP contribution < -0.4 is 15.0 Å². The van der Waals surface area contributed by atoms with Gasteiger partial charge in [0.05, 0.1) is 18.0 Å². The van der Waals surface area contributed by atoms with Crippen molar-refractivity contribution in [2.75, 3.05) is 18.1 Å². The van der Waals surface area contributed by atoms with Gasteiger partial charge < -0.3 is 15.0 Å². The standard InChI is InChI=1S/C22H25BrN4O3S/c1-24-20(28)17(10-14-4-2-3-5-14)26-21(29)19-7-6-16(31-19)13-27-8-9-30-22-18(27)11-15(23)12-25-22/h6-7,11-12,14,17H,1-5,8-10,13H2,(H,26,29)/t17-/m0/s1. The lowest BCUT2D eigenvalue weighted by Gasteiger charge is -2.30. The maximum atomic E-state index is 12.8. The number of hydrogen-bond donors (Lipinski definition) is 1. The molecule has 31 heavy (non-hydrogen) atoms. The molecule has 9 heteroatoms. The Labute approximate surface area is 194 Å². The van der Waals surface area contributed by atoms with E-state index in [2.05, 4.69) is 42.8 Å². The van der Waals surface area contributed by atoms with Gasteiger partial charge in [0.25, 0.3) is 11.8 Å². The minimum absolute atomic E-state index is 0.233. The Kier molecular flexibility index (Phi) is 7.02. The zero-order valence-electron chi connectivity index (χ0n) is 17.2. The van der Waals surface area contributed by atoms with Gasteiger partial charge in [-0.15, -0.1) is 11.3 Å². The number of carbonyl (C=O) groups excluding carboxylic acids is 2. The summed E-state index contributed by atoms with van der Waals surface area (Å²) in [5, 5.41) is 2.89. The minimum atomic E-state index is -0.604. The molecule has 0 aromatic carbocycles. The van der Waals surface area contributed by atoms with E-state index in [0.717, 1.165) is 34.4 Å². The van der Waals surface area contributed by atoms with Crippen molar-refractivity contribution in [3.05, 3.63) is 38.6 Å². The van der Waals surface area contributed by atoms with E-state index in [1.54, 1.807) is 6.20 Å². The van der Waals surface area contributed by atoms with Crippen LogP contribution in [0.4, 0.5) is 5.69 Å². The average Bonchev–Trinajstić information content (AvgIpc) is 3.45. The molecule has 1 N–H and O–H groups in total. The van der Waals surface area contributed by atoms with Crippen molar-refractivity contribution in [3.63, 3.8) is 0 Å². The van der Waals surface area contributed by atoms with Gasteiger partial charge in [-0.1, -0.05) is 25.7 Å². The number of ether oxygens (including phenoxy) is 1. The van der Waals surface area contributed by atoms with Crippen LogP contribution in [-0.4, -0.2) is 42.7 Å². The monoisotopic (exact) mass is 504 g/mol. The number of halogens is 1. The van der Waals surface area contributed by atoms with Crippen LogP contribution in [-0.2, 0) is 11.3 Å². The SMILES string of the molecule is C=NC(=O)[C@H](CC1CCCC1)NC(=O)c1ccc(CN2CCOc3ncc(Br)cc32)s1. The molecule has 164 valence electrons. The van der Waals surface area contributed by atoms with Gasteiger partial charge in [0.1, 0.15) is 18.3 Å². The third kappa shape index (κ3) is 5.33. The molecule has 0 unspecified atom stereocenters. The number of carbonyl (C=O) groups is 2. The van der Waals surface area contributed by atoms with E-state index in [4.69, 9.17) is 4.74 Å². The number of thiophene rings is 1. The highest BCUT2D eigenvalue weighted by molar-refractivity contribution is 9.10. The van der Waals surface area contributed by atoms with Gasteiger partial charge in [-0.2, -0.15) is 0 Å². The summed E-state index contributed by atoms with van der Waals surface area (Å²) in [6, 6.07) is 5.16. The van der Waals surface area contributed by atoms with Crippen LogP contribution in [0, 0.1) is 5.92 Å². The molecule has 1 aliphatic carbocycles. The lowest BCUT2D eigenvalue weighted by molar-refractivity contribution is -0.119. The molecule has 2 aromatic rings. The van der Waals surface area contributed by atoms with Crippen molar-refractivity contribution in [2.24, 2.45) is 10.9 Å². The van der Waals surface area contributed by atoms with Crippen molar-refractivity contribution in [3.8, 4) is 5.88 Å². The summed E-state index contributed by atoms with van der Waals surface area (Å²) in [7, 11) is 0. The van der Waals surface area contributed by atoms with Gasteiger partial charge >= 0.3 is 0 Å². The van der Waals surface area contributed by atoms with Gasteiger partial charge in [-0.05, 0) is 53.2 Å². The lowest BCUT2D eigenvalue weighted by atomic mass is 9.98. The number of rotatable bonds is 7. The van der Waals surface area contributed by atoms with Crippen LogP contribution in [0.5, 0.6) is 5.88 Å². The number of hydrogen-bond acceptors (Lipinski definition) is 6. The second-order valence-corrected chi connectivity index (χ2v) is 10.0. The molecule has 0 radical (unpaired) electrons. The maximum absolute atomic E-state index is 12.8. The van der Waals surface area contributed by atoms with Crippen molar-refractivity contribution in [1.29, 1.82) is 0 Å². The number of anilines is 1. The Hall–Kier alpha value is -2.26. The molecule has 1 aliphatic heterocycles. The fraction of sp³-hybridized carbons (Fsp3) is 0.455. The topological polar surface area (TPSA) is 83.9 Å². The molecular formula is C22H25BrN4O3S. The Morgan fingerprint density at radius 1 is 1.39 bits per heavy atom. The van der Waals surface area contributed by atoms with E-state index in [-0.39, 0.29) is 11.8 Å². The highest BCUT2D eigenvalue weighted by Gasteiger charge is 2.27. The Morgan fingerprint density at radius 3 is 2.97 bits per heavy atom. The third-order valence-electron chi connectivity index (χ3n) is 5.77. The van der Waals surface area contributed by atoms with Gasteiger partial charge in [0.2, 0.25) is 5.88 Å². The molecule has 1 fully saturated rings. The normalized spacial score (nSPS) is 17.0. The van der Waals surface area contributed by atoms with Gasteiger partial charge in [0, 0.05) is 15.5 Å². The molecule has 1 saturated carbocycles. The van der Waals surface area contributed by atoms with Gasteiger partial charge in [-0.25, -0.2) is 9.98 Å². The van der Waals surface area contributed by atoms with E-state index in [1.165, 1.54) is 24.2 Å².